The molecule has 1 fully saturated rings. The number of aromatic nitrogens is 2. The molecule has 0 atom stereocenters. The van der Waals surface area contributed by atoms with E-state index in [4.69, 9.17) is 5.14 Å². The van der Waals surface area contributed by atoms with Crippen molar-refractivity contribution in [1.82, 2.24) is 20.0 Å². The van der Waals surface area contributed by atoms with Crippen molar-refractivity contribution in [3.8, 4) is 0 Å². The second-order valence-electron chi connectivity index (χ2n) is 8.06. The lowest BCUT2D eigenvalue weighted by molar-refractivity contribution is -0.141. The normalized spacial score (nSPS) is 15.3. The first kappa shape index (κ1) is 25.6. The van der Waals surface area contributed by atoms with Crippen molar-refractivity contribution in [3.63, 3.8) is 0 Å². The zero-order valence-corrected chi connectivity index (χ0v) is 19.2. The molecule has 0 saturated carbocycles. The Kier molecular flexibility index (Phi) is 7.94. The second kappa shape index (κ2) is 10.5. The first-order valence-corrected chi connectivity index (χ1v) is 12.0. The van der Waals surface area contributed by atoms with Crippen LogP contribution < -0.4 is 25.4 Å². The third-order valence-corrected chi connectivity index (χ3v) is 5.85. The summed E-state index contributed by atoms with van der Waals surface area (Å²) < 4.78 is 63.6. The minimum absolute atomic E-state index is 0.0256. The zero-order valence-electron chi connectivity index (χ0n) is 18.4. The molecule has 2 aromatic rings. The van der Waals surface area contributed by atoms with Gasteiger partial charge >= 0.3 is 12.2 Å². The number of amides is 2. The SMILES string of the molecule is CC1CCN(c2nc(C(F)(F)F)ccc2CNC(=O)Nc2ccc(CNS(N)(=O)=O)nc2)CC1. The summed E-state index contributed by atoms with van der Waals surface area (Å²) in [6.45, 7) is 3.15. The fraction of sp³-hybridized carbons (Fsp3) is 0.450. The highest BCUT2D eigenvalue weighted by Crippen LogP contribution is 2.32. The van der Waals surface area contributed by atoms with Crippen LogP contribution >= 0.6 is 0 Å². The molecule has 0 unspecified atom stereocenters. The maximum atomic E-state index is 13.2. The van der Waals surface area contributed by atoms with Crippen molar-refractivity contribution in [2.45, 2.75) is 39.0 Å². The fourth-order valence-corrected chi connectivity index (χ4v) is 3.74. The van der Waals surface area contributed by atoms with Crippen molar-refractivity contribution in [2.75, 3.05) is 23.3 Å². The molecule has 2 aromatic heterocycles. The van der Waals surface area contributed by atoms with E-state index in [2.05, 4.69) is 32.2 Å². The number of urea groups is 1. The van der Waals surface area contributed by atoms with Gasteiger partial charge in [-0.3, -0.25) is 4.98 Å². The van der Waals surface area contributed by atoms with Crippen LogP contribution in [0.1, 0.15) is 36.7 Å². The number of pyridine rings is 2. The fourth-order valence-electron chi connectivity index (χ4n) is 3.40. The largest absolute Gasteiger partial charge is 0.433 e. The molecule has 1 aliphatic heterocycles. The van der Waals surface area contributed by atoms with E-state index in [0.717, 1.165) is 18.9 Å². The molecule has 2 amide bonds. The number of alkyl halides is 3. The molecule has 3 rings (SSSR count). The number of anilines is 2. The number of carbonyl (C=O) groups is 1. The Morgan fingerprint density at radius 3 is 2.47 bits per heavy atom. The van der Waals surface area contributed by atoms with Crippen LogP contribution in [-0.4, -0.2) is 37.5 Å². The van der Waals surface area contributed by atoms with E-state index in [1.807, 2.05) is 4.90 Å². The number of nitrogens with one attached hydrogen (secondary N) is 3. The monoisotopic (exact) mass is 501 g/mol. The number of nitrogens with zero attached hydrogens (tertiary/aromatic N) is 3. The minimum Gasteiger partial charge on any atom is -0.356 e. The summed E-state index contributed by atoms with van der Waals surface area (Å²) in [5, 5.41) is 10.0. The molecule has 0 bridgehead atoms. The Hall–Kier alpha value is -2.97. The van der Waals surface area contributed by atoms with Gasteiger partial charge in [-0.25, -0.2) is 14.9 Å². The number of carbonyl (C=O) groups excluding carboxylic acids is 1. The van der Waals surface area contributed by atoms with E-state index in [-0.39, 0.29) is 18.9 Å². The molecule has 1 saturated heterocycles. The third kappa shape index (κ3) is 7.53. The molecule has 0 aliphatic carbocycles. The van der Waals surface area contributed by atoms with Crippen LogP contribution in [0.2, 0.25) is 0 Å². The van der Waals surface area contributed by atoms with Crippen LogP contribution in [0.3, 0.4) is 0 Å². The molecule has 10 nitrogen and oxygen atoms in total. The standard InChI is InChI=1S/C20H26F3N7O3S/c1-13-6-8-30(9-7-13)18-14(2-5-17(29-18)20(21,22)23)10-26-19(31)28-16-4-3-15(25-11-16)12-27-34(24,32)33/h2-5,11,13,27H,6-10,12H2,1H3,(H2,24,32,33)(H2,26,28,31). The first-order chi connectivity index (χ1) is 15.9. The molecule has 34 heavy (non-hydrogen) atoms. The molecular weight excluding hydrogens is 475 g/mol. The summed E-state index contributed by atoms with van der Waals surface area (Å²) >= 11 is 0. The molecular formula is C20H26F3N7O3S. The summed E-state index contributed by atoms with van der Waals surface area (Å²) in [7, 11) is -3.85. The summed E-state index contributed by atoms with van der Waals surface area (Å²) in [6.07, 6.45) is -1.54. The lowest BCUT2D eigenvalue weighted by Crippen LogP contribution is -2.35. The van der Waals surface area contributed by atoms with Gasteiger partial charge in [-0.1, -0.05) is 13.0 Å². The van der Waals surface area contributed by atoms with Gasteiger partial charge in [-0.15, -0.1) is 0 Å². The van der Waals surface area contributed by atoms with E-state index in [9.17, 15) is 26.4 Å². The average molecular weight is 502 g/mol. The second-order valence-corrected chi connectivity index (χ2v) is 9.44. The molecule has 0 radical (unpaired) electrons. The first-order valence-electron chi connectivity index (χ1n) is 10.5. The average Bonchev–Trinajstić information content (AvgIpc) is 2.76. The van der Waals surface area contributed by atoms with E-state index in [1.165, 1.54) is 24.4 Å². The van der Waals surface area contributed by atoms with Crippen molar-refractivity contribution >= 4 is 27.7 Å². The zero-order chi connectivity index (χ0) is 24.9. The summed E-state index contributed by atoms with van der Waals surface area (Å²) in [5.41, 5.74) is 0.224. The van der Waals surface area contributed by atoms with Crippen LogP contribution in [0.15, 0.2) is 30.5 Å². The van der Waals surface area contributed by atoms with Crippen molar-refractivity contribution in [2.24, 2.45) is 11.1 Å². The van der Waals surface area contributed by atoms with E-state index < -0.39 is 28.1 Å². The third-order valence-electron chi connectivity index (χ3n) is 5.31. The van der Waals surface area contributed by atoms with Gasteiger partial charge in [-0.05, 0) is 37.0 Å². The quantitative estimate of drug-likeness (QED) is 0.459. The van der Waals surface area contributed by atoms with E-state index >= 15 is 0 Å². The van der Waals surface area contributed by atoms with Crippen LogP contribution in [0.4, 0.5) is 29.5 Å². The number of halogens is 3. The topological polar surface area (TPSA) is 142 Å². The molecule has 3 heterocycles. The van der Waals surface area contributed by atoms with Gasteiger partial charge in [-0.2, -0.15) is 26.3 Å². The Morgan fingerprint density at radius 2 is 1.88 bits per heavy atom. The minimum atomic E-state index is -4.57. The lowest BCUT2D eigenvalue weighted by atomic mass is 9.99. The van der Waals surface area contributed by atoms with E-state index in [1.54, 1.807) is 0 Å². The van der Waals surface area contributed by atoms with Crippen LogP contribution in [0.5, 0.6) is 0 Å². The Morgan fingerprint density at radius 1 is 1.18 bits per heavy atom. The van der Waals surface area contributed by atoms with Gasteiger partial charge in [0, 0.05) is 25.2 Å². The lowest BCUT2D eigenvalue weighted by Gasteiger charge is -2.33. The number of hydrogen-bond donors (Lipinski definition) is 4. The van der Waals surface area contributed by atoms with Gasteiger partial charge in [0.15, 0.2) is 0 Å². The predicted octanol–water partition coefficient (Wildman–Crippen LogP) is 2.35. The molecule has 14 heteroatoms. The highest BCUT2D eigenvalue weighted by Gasteiger charge is 2.34. The summed E-state index contributed by atoms with van der Waals surface area (Å²) in [4.78, 5) is 22.0. The highest BCUT2D eigenvalue weighted by molar-refractivity contribution is 7.87. The molecule has 1 aliphatic rings. The van der Waals surface area contributed by atoms with Crippen molar-refractivity contribution in [1.29, 1.82) is 0 Å². The maximum Gasteiger partial charge on any atom is 0.433 e. The van der Waals surface area contributed by atoms with Crippen molar-refractivity contribution < 1.29 is 26.4 Å². The Bertz CT molecular complexity index is 1100. The van der Waals surface area contributed by atoms with Gasteiger partial charge < -0.3 is 15.5 Å². The number of rotatable bonds is 7. The van der Waals surface area contributed by atoms with Gasteiger partial charge in [0.1, 0.15) is 11.5 Å². The predicted molar refractivity (Wildman–Crippen MR) is 120 cm³/mol. The summed E-state index contributed by atoms with van der Waals surface area (Å²) in [6, 6.07) is 4.67. The molecule has 0 spiro atoms. The Balaban J connectivity index is 1.64. The number of hydrogen-bond acceptors (Lipinski definition) is 6. The van der Waals surface area contributed by atoms with Crippen LogP contribution in [0, 0.1) is 5.92 Å². The molecule has 0 aromatic carbocycles. The van der Waals surface area contributed by atoms with Crippen LogP contribution in [-0.2, 0) is 29.5 Å². The van der Waals surface area contributed by atoms with Crippen LogP contribution in [0.25, 0.3) is 0 Å². The van der Waals surface area contributed by atoms with E-state index in [0.29, 0.717) is 36.0 Å². The summed E-state index contributed by atoms with van der Waals surface area (Å²) in [5.74, 6) is 0.709. The van der Waals surface area contributed by atoms with Gasteiger partial charge in [0.2, 0.25) is 0 Å². The van der Waals surface area contributed by atoms with Crippen molar-refractivity contribution in [3.05, 3.63) is 47.4 Å². The number of piperidine rings is 1. The number of nitrogens with two attached hydrogens (primary N) is 1. The van der Waals surface area contributed by atoms with Gasteiger partial charge in [0.05, 0.1) is 24.1 Å². The molecule has 186 valence electrons. The Labute approximate surface area is 195 Å². The maximum absolute atomic E-state index is 13.2. The highest BCUT2D eigenvalue weighted by atomic mass is 32.2. The smallest absolute Gasteiger partial charge is 0.356 e. The molecule has 5 N–H and O–H groups in total. The van der Waals surface area contributed by atoms with Gasteiger partial charge in [0.25, 0.3) is 10.2 Å².